The molecule has 1 heterocycles. The third-order valence-corrected chi connectivity index (χ3v) is 6.80. The van der Waals surface area contributed by atoms with E-state index in [1.807, 2.05) is 0 Å². The maximum atomic E-state index is 12.9. The van der Waals surface area contributed by atoms with Crippen LogP contribution in [0.15, 0.2) is 36.4 Å². The van der Waals surface area contributed by atoms with E-state index >= 15 is 0 Å². The molecular weight excluding hydrogens is 384 g/mol. The number of hydrogen-bond donors (Lipinski definition) is 1. The van der Waals surface area contributed by atoms with Crippen LogP contribution in [0.25, 0.3) is 0 Å². The van der Waals surface area contributed by atoms with Crippen molar-refractivity contribution < 1.29 is 23.9 Å². The van der Waals surface area contributed by atoms with Gasteiger partial charge in [0.25, 0.3) is 0 Å². The Labute approximate surface area is 174 Å². The highest BCUT2D eigenvalue weighted by molar-refractivity contribution is 6.09. The van der Waals surface area contributed by atoms with Gasteiger partial charge < -0.3 is 10.1 Å². The molecule has 0 radical (unpaired) electrons. The second-order valence-electron chi connectivity index (χ2n) is 9.00. The van der Waals surface area contributed by atoms with Crippen molar-refractivity contribution in [3.05, 3.63) is 42.0 Å². The van der Waals surface area contributed by atoms with Gasteiger partial charge in [-0.15, -0.1) is 0 Å². The number of rotatable bonds is 5. The zero-order chi connectivity index (χ0) is 21.2. The molecular formula is C23H24N2O5. The number of anilines is 1. The number of imide groups is 1. The Kier molecular flexibility index (Phi) is 4.31. The highest BCUT2D eigenvalue weighted by Crippen LogP contribution is 2.65. The van der Waals surface area contributed by atoms with Crippen molar-refractivity contribution in [2.24, 2.45) is 35.5 Å². The maximum absolute atomic E-state index is 12.9. The van der Waals surface area contributed by atoms with E-state index in [1.54, 1.807) is 38.1 Å². The molecule has 6 rings (SSSR count). The molecule has 4 aliphatic carbocycles. The van der Waals surface area contributed by atoms with Crippen molar-refractivity contribution in [1.29, 1.82) is 0 Å². The number of likely N-dealkylation sites (tertiary alicyclic amines) is 1. The van der Waals surface area contributed by atoms with Crippen molar-refractivity contribution in [2.45, 2.75) is 26.4 Å². The molecule has 2 bridgehead atoms. The second kappa shape index (κ2) is 6.79. The monoisotopic (exact) mass is 408 g/mol. The molecule has 0 aromatic heterocycles. The number of carbonyl (C=O) groups is 4. The number of amides is 3. The third-order valence-electron chi connectivity index (χ3n) is 6.80. The van der Waals surface area contributed by atoms with Crippen LogP contribution in [0.3, 0.4) is 0 Å². The average Bonchev–Trinajstić information content (AvgIpc) is 3.49. The molecule has 3 amide bonds. The van der Waals surface area contributed by atoms with Gasteiger partial charge in [-0.3, -0.25) is 19.3 Å². The van der Waals surface area contributed by atoms with Crippen LogP contribution in [0.2, 0.25) is 0 Å². The van der Waals surface area contributed by atoms with Gasteiger partial charge >= 0.3 is 5.97 Å². The summed E-state index contributed by atoms with van der Waals surface area (Å²) in [6, 6.07) is 6.33. The highest BCUT2D eigenvalue weighted by Gasteiger charge is 2.67. The summed E-state index contributed by atoms with van der Waals surface area (Å²) >= 11 is 0. The Morgan fingerprint density at radius 2 is 1.60 bits per heavy atom. The van der Waals surface area contributed by atoms with Crippen molar-refractivity contribution in [3.8, 4) is 0 Å². The van der Waals surface area contributed by atoms with Crippen LogP contribution in [0.1, 0.15) is 30.6 Å². The van der Waals surface area contributed by atoms with Gasteiger partial charge in [0.1, 0.15) is 6.54 Å². The molecule has 156 valence electrons. The van der Waals surface area contributed by atoms with E-state index in [1.165, 1.54) is 0 Å². The van der Waals surface area contributed by atoms with Crippen LogP contribution < -0.4 is 5.32 Å². The van der Waals surface area contributed by atoms with Crippen LogP contribution in [0.5, 0.6) is 0 Å². The van der Waals surface area contributed by atoms with Crippen LogP contribution >= 0.6 is 0 Å². The van der Waals surface area contributed by atoms with Gasteiger partial charge in [0.15, 0.2) is 0 Å². The van der Waals surface area contributed by atoms with Gasteiger partial charge in [-0.25, -0.2) is 4.79 Å². The fourth-order valence-corrected chi connectivity index (χ4v) is 5.49. The lowest BCUT2D eigenvalue weighted by molar-refractivity contribution is -0.142. The second-order valence-corrected chi connectivity index (χ2v) is 9.00. The number of esters is 1. The molecule has 7 heteroatoms. The predicted molar refractivity (Wildman–Crippen MR) is 107 cm³/mol. The molecule has 1 aliphatic heterocycles. The zero-order valence-corrected chi connectivity index (χ0v) is 16.9. The molecule has 1 aromatic carbocycles. The van der Waals surface area contributed by atoms with E-state index in [2.05, 4.69) is 17.5 Å². The number of hydrogen-bond acceptors (Lipinski definition) is 5. The van der Waals surface area contributed by atoms with Gasteiger partial charge in [0.2, 0.25) is 17.7 Å². The summed E-state index contributed by atoms with van der Waals surface area (Å²) in [6.07, 6.45) is 5.12. The van der Waals surface area contributed by atoms with Crippen molar-refractivity contribution in [3.63, 3.8) is 0 Å². The Morgan fingerprint density at radius 1 is 1.03 bits per heavy atom. The molecule has 2 saturated carbocycles. The van der Waals surface area contributed by atoms with Crippen LogP contribution in [-0.2, 0) is 19.1 Å². The molecule has 6 atom stereocenters. The minimum Gasteiger partial charge on any atom is -0.459 e. The van der Waals surface area contributed by atoms with E-state index in [0.717, 1.165) is 11.3 Å². The molecule has 7 nitrogen and oxygen atoms in total. The van der Waals surface area contributed by atoms with Gasteiger partial charge in [-0.1, -0.05) is 12.2 Å². The van der Waals surface area contributed by atoms with E-state index in [0.29, 0.717) is 23.1 Å². The van der Waals surface area contributed by atoms with Crippen molar-refractivity contribution in [1.82, 2.24) is 4.90 Å². The molecule has 1 N–H and O–H groups in total. The summed E-state index contributed by atoms with van der Waals surface area (Å²) in [5.74, 6) is -0.516. The van der Waals surface area contributed by atoms with Gasteiger partial charge in [-0.05, 0) is 68.2 Å². The summed E-state index contributed by atoms with van der Waals surface area (Å²) in [5, 5.41) is 2.70. The first-order valence-corrected chi connectivity index (χ1v) is 10.5. The van der Waals surface area contributed by atoms with E-state index in [-0.39, 0.29) is 48.1 Å². The van der Waals surface area contributed by atoms with Gasteiger partial charge in [0.05, 0.1) is 23.5 Å². The first-order valence-electron chi connectivity index (χ1n) is 10.5. The Bertz CT molecular complexity index is 930. The molecule has 30 heavy (non-hydrogen) atoms. The van der Waals surface area contributed by atoms with Gasteiger partial charge in [-0.2, -0.15) is 0 Å². The molecule has 0 unspecified atom stereocenters. The van der Waals surface area contributed by atoms with E-state index < -0.39 is 11.9 Å². The number of carbonyl (C=O) groups excluding carboxylic acids is 4. The summed E-state index contributed by atoms with van der Waals surface area (Å²) in [5.41, 5.74) is 0.873. The fraction of sp³-hybridized carbons (Fsp3) is 0.478. The lowest BCUT2D eigenvalue weighted by atomic mass is 9.63. The summed E-state index contributed by atoms with van der Waals surface area (Å²) in [7, 11) is 0. The Morgan fingerprint density at radius 3 is 2.13 bits per heavy atom. The number of nitrogens with one attached hydrogen (secondary N) is 1. The summed E-state index contributed by atoms with van der Waals surface area (Å²) in [6.45, 7) is 3.26. The van der Waals surface area contributed by atoms with Crippen LogP contribution in [0.4, 0.5) is 5.69 Å². The topological polar surface area (TPSA) is 92.8 Å². The van der Waals surface area contributed by atoms with Crippen molar-refractivity contribution >= 4 is 29.4 Å². The fourth-order valence-electron chi connectivity index (χ4n) is 5.49. The minimum atomic E-state index is -0.432. The number of benzene rings is 1. The van der Waals surface area contributed by atoms with Crippen LogP contribution in [-0.4, -0.2) is 41.2 Å². The standard InChI is InChI=1S/C23H24N2O5/c1-11(2)30-23(29)12-3-5-13(6-4-12)24-18(26)10-25-21(27)19-14-7-8-15(17-9-16(14)17)20(19)22(25)28/h3-8,11,14-17,19-20H,9-10H2,1-2H3,(H,24,26)/t14-,15+,16-,17+,19+,20-. The number of allylic oxidation sites excluding steroid dienone is 2. The summed E-state index contributed by atoms with van der Waals surface area (Å²) < 4.78 is 5.14. The first-order chi connectivity index (χ1) is 14.3. The first kappa shape index (κ1) is 19.0. The molecule has 1 aromatic rings. The highest BCUT2D eigenvalue weighted by atomic mass is 16.5. The normalized spacial score (nSPS) is 32.8. The Hall–Kier alpha value is -2.96. The largest absolute Gasteiger partial charge is 0.459 e. The third kappa shape index (κ3) is 2.95. The minimum absolute atomic E-state index is 0.146. The molecule has 1 saturated heterocycles. The lowest BCUT2D eigenvalue weighted by Crippen LogP contribution is -2.40. The summed E-state index contributed by atoms with van der Waals surface area (Å²) in [4.78, 5) is 51.4. The molecule has 3 fully saturated rings. The predicted octanol–water partition coefficient (Wildman–Crippen LogP) is 2.24. The molecule has 0 spiro atoms. The zero-order valence-electron chi connectivity index (χ0n) is 16.9. The Balaban J connectivity index is 1.23. The SMILES string of the molecule is CC(C)OC(=O)c1ccc(NC(=O)CN2C(=O)[C@@H]3[C@H]4C=C[C@H]([C@H]5C[C@@H]45)[C@@H]3C2=O)cc1. The maximum Gasteiger partial charge on any atom is 0.338 e. The average molecular weight is 408 g/mol. The van der Waals surface area contributed by atoms with Crippen LogP contribution in [0, 0.1) is 35.5 Å². The molecule has 5 aliphatic rings. The lowest BCUT2D eigenvalue weighted by Gasteiger charge is -2.37. The van der Waals surface area contributed by atoms with Crippen molar-refractivity contribution in [2.75, 3.05) is 11.9 Å². The van der Waals surface area contributed by atoms with E-state index in [4.69, 9.17) is 4.74 Å². The quantitative estimate of drug-likeness (QED) is 0.458. The smallest absolute Gasteiger partial charge is 0.338 e. The van der Waals surface area contributed by atoms with E-state index in [9.17, 15) is 19.2 Å². The number of ether oxygens (including phenoxy) is 1. The van der Waals surface area contributed by atoms with Gasteiger partial charge in [0, 0.05) is 5.69 Å². The number of nitrogens with zero attached hydrogens (tertiary/aromatic N) is 1.